The molecule has 2 aromatic carbocycles. The molecule has 16 N–H and O–H groups in total. The second kappa shape index (κ2) is 28.8. The van der Waals surface area contributed by atoms with E-state index in [2.05, 4.69) is 37.2 Å². The topological polar surface area (TPSA) is 411 Å². The fraction of sp³-hybridized carbons (Fsp3) is 0.500. The van der Waals surface area contributed by atoms with E-state index in [1.54, 1.807) is 88.4 Å². The highest BCUT2D eigenvalue weighted by Gasteiger charge is 2.37. The average Bonchev–Trinajstić information content (AvgIpc) is 3.30. The summed E-state index contributed by atoms with van der Waals surface area (Å²) in [7, 11) is 0. The summed E-state index contributed by atoms with van der Waals surface area (Å²) in [6.07, 6.45) is -4.06. The number of aliphatic carboxylic acids is 2. The first kappa shape index (κ1) is 58.7. The van der Waals surface area contributed by atoms with E-state index in [4.69, 9.17) is 17.2 Å². The second-order valence-corrected chi connectivity index (χ2v) is 17.0. The van der Waals surface area contributed by atoms with Gasteiger partial charge >= 0.3 is 11.9 Å². The van der Waals surface area contributed by atoms with Crippen LogP contribution in [0.4, 0.5) is 0 Å². The highest BCUT2D eigenvalue weighted by Crippen LogP contribution is 2.12. The molecule has 0 unspecified atom stereocenters. The third-order valence-corrected chi connectivity index (χ3v) is 11.3. The zero-order chi connectivity index (χ0) is 52.8. The van der Waals surface area contributed by atoms with E-state index >= 15 is 0 Å². The third kappa shape index (κ3) is 19.6. The van der Waals surface area contributed by atoms with Crippen LogP contribution in [0.25, 0.3) is 0 Å². The molecular weight excluding hydrogens is 917 g/mol. The van der Waals surface area contributed by atoms with Gasteiger partial charge < -0.3 is 69.7 Å². The van der Waals surface area contributed by atoms with Crippen molar-refractivity contribution in [3.8, 4) is 0 Å². The Kier molecular flexibility index (Phi) is 24.1. The molecule has 2 rings (SSSR count). The average molecular weight is 983 g/mol. The number of amides is 9. The summed E-state index contributed by atoms with van der Waals surface area (Å²) in [5.74, 6) is -13.7. The number of hydrogen-bond acceptors (Lipinski definition) is 13. The Balaban J connectivity index is 2.51. The van der Waals surface area contributed by atoms with Crippen LogP contribution in [0, 0.1) is 11.8 Å². The van der Waals surface area contributed by atoms with Crippen molar-refractivity contribution in [2.24, 2.45) is 29.0 Å². The quantitative estimate of drug-likeness (QED) is 0.0371. The molecule has 0 saturated carbocycles. The Bertz CT molecular complexity index is 2160. The highest BCUT2D eigenvalue weighted by molar-refractivity contribution is 6.00. The first-order valence-electron chi connectivity index (χ1n) is 22.5. The first-order valence-corrected chi connectivity index (χ1v) is 22.5. The molecule has 0 aromatic heterocycles. The number of carboxylic acid groups (broad SMARTS) is 2. The van der Waals surface area contributed by atoms with Crippen molar-refractivity contribution >= 4 is 65.1 Å². The van der Waals surface area contributed by atoms with Gasteiger partial charge in [0.25, 0.3) is 0 Å². The Labute approximate surface area is 404 Å². The summed E-state index contributed by atoms with van der Waals surface area (Å²) >= 11 is 0. The molecule has 384 valence electrons. The molecule has 24 nitrogen and oxygen atoms in total. The van der Waals surface area contributed by atoms with Gasteiger partial charge in [-0.1, -0.05) is 101 Å². The van der Waals surface area contributed by atoms with Crippen LogP contribution in [-0.4, -0.2) is 135 Å². The Morgan fingerprint density at radius 1 is 0.471 bits per heavy atom. The summed E-state index contributed by atoms with van der Waals surface area (Å²) in [6.45, 7) is 7.84. The van der Waals surface area contributed by atoms with Crippen LogP contribution in [0.15, 0.2) is 60.7 Å². The monoisotopic (exact) mass is 982 g/mol. The lowest BCUT2D eigenvalue weighted by Crippen LogP contribution is -2.62. The van der Waals surface area contributed by atoms with Gasteiger partial charge in [-0.3, -0.25) is 47.9 Å². The number of nitrogens with one attached hydrogen (secondary N) is 7. The van der Waals surface area contributed by atoms with Gasteiger partial charge in [0.05, 0.1) is 31.4 Å². The Morgan fingerprint density at radius 3 is 1.17 bits per heavy atom. The van der Waals surface area contributed by atoms with Crippen LogP contribution in [-0.2, 0) is 65.6 Å². The zero-order valence-corrected chi connectivity index (χ0v) is 39.6. The predicted molar refractivity (Wildman–Crippen MR) is 250 cm³/mol. The molecule has 0 bridgehead atoms. The summed E-state index contributed by atoms with van der Waals surface area (Å²) in [5, 5.41) is 46.3. The SMILES string of the molecule is CC[C@H](C)[C@H](N)C(=O)N[C@@H](CC(N)=O)C(=O)N[C@@H](Cc1ccccc1)C(=O)N[C@@H](CC(=O)O)C(=O)N[C@@H](Cc1ccccc1)C(=O)N[C@@H](CC(N)=O)C(=O)N[C@H](C(=O)N[C@H](C(=O)O)[C@@H](C)CC)[C@@H](C)O. The maximum absolute atomic E-state index is 14.1. The minimum Gasteiger partial charge on any atom is -0.481 e. The normalized spacial score (nSPS) is 15.7. The van der Waals surface area contributed by atoms with E-state index in [0.717, 1.165) is 6.92 Å². The van der Waals surface area contributed by atoms with E-state index in [1.807, 2.05) is 0 Å². The molecule has 0 aliphatic carbocycles. The molecule has 0 radical (unpaired) electrons. The van der Waals surface area contributed by atoms with Gasteiger partial charge in [-0.25, -0.2) is 4.79 Å². The zero-order valence-electron chi connectivity index (χ0n) is 39.6. The number of hydrogen-bond donors (Lipinski definition) is 13. The van der Waals surface area contributed by atoms with Gasteiger partial charge in [-0.05, 0) is 29.9 Å². The van der Waals surface area contributed by atoms with Crippen molar-refractivity contribution in [1.82, 2.24) is 37.2 Å². The van der Waals surface area contributed by atoms with Gasteiger partial charge in [0.2, 0.25) is 53.2 Å². The van der Waals surface area contributed by atoms with Crippen molar-refractivity contribution < 1.29 is 68.1 Å². The summed E-state index contributed by atoms with van der Waals surface area (Å²) in [5.41, 5.74) is 17.7. The molecule has 0 aliphatic heterocycles. The van der Waals surface area contributed by atoms with Crippen molar-refractivity contribution in [3.63, 3.8) is 0 Å². The second-order valence-electron chi connectivity index (χ2n) is 17.0. The molecule has 2 aromatic rings. The lowest BCUT2D eigenvalue weighted by Gasteiger charge is -2.28. The number of aliphatic hydroxyl groups excluding tert-OH is 1. The van der Waals surface area contributed by atoms with Gasteiger partial charge in [-0.2, -0.15) is 0 Å². The minimum absolute atomic E-state index is 0.263. The third-order valence-electron chi connectivity index (χ3n) is 11.3. The number of nitrogens with two attached hydrogens (primary N) is 3. The van der Waals surface area contributed by atoms with Gasteiger partial charge in [0, 0.05) is 12.8 Å². The number of carbonyl (C=O) groups is 11. The largest absolute Gasteiger partial charge is 0.481 e. The van der Waals surface area contributed by atoms with E-state index in [9.17, 15) is 68.1 Å². The maximum Gasteiger partial charge on any atom is 0.326 e. The molecule has 0 aliphatic rings. The Morgan fingerprint density at radius 2 is 0.814 bits per heavy atom. The summed E-state index contributed by atoms with van der Waals surface area (Å²) in [4.78, 5) is 144. The van der Waals surface area contributed by atoms with E-state index in [1.165, 1.54) is 0 Å². The van der Waals surface area contributed by atoms with Crippen molar-refractivity contribution in [3.05, 3.63) is 71.8 Å². The number of rotatable bonds is 30. The van der Waals surface area contributed by atoms with Crippen molar-refractivity contribution in [2.75, 3.05) is 0 Å². The predicted octanol–water partition coefficient (Wildman–Crippen LogP) is -3.02. The number of aliphatic hydroxyl groups is 1. The van der Waals surface area contributed by atoms with E-state index in [-0.39, 0.29) is 18.8 Å². The lowest BCUT2D eigenvalue weighted by atomic mass is 9.98. The maximum atomic E-state index is 14.1. The molecule has 11 atom stereocenters. The van der Waals surface area contributed by atoms with Crippen molar-refractivity contribution in [1.29, 1.82) is 0 Å². The van der Waals surface area contributed by atoms with E-state index in [0.29, 0.717) is 24.0 Å². The molecule has 70 heavy (non-hydrogen) atoms. The minimum atomic E-state index is -1.96. The van der Waals surface area contributed by atoms with Gasteiger partial charge in [0.1, 0.15) is 42.3 Å². The smallest absolute Gasteiger partial charge is 0.326 e. The summed E-state index contributed by atoms with van der Waals surface area (Å²) in [6, 6.07) is 3.08. The van der Waals surface area contributed by atoms with Gasteiger partial charge in [0.15, 0.2) is 0 Å². The van der Waals surface area contributed by atoms with Crippen LogP contribution in [0.5, 0.6) is 0 Å². The van der Waals surface area contributed by atoms with Crippen LogP contribution in [0.2, 0.25) is 0 Å². The molecular formula is C46H66N10O14. The highest BCUT2D eigenvalue weighted by atomic mass is 16.4. The first-order chi connectivity index (χ1) is 32.9. The molecule has 0 spiro atoms. The Hall–Kier alpha value is -7.47. The van der Waals surface area contributed by atoms with Crippen LogP contribution < -0.4 is 54.4 Å². The molecule has 24 heteroatoms. The van der Waals surface area contributed by atoms with E-state index < -0.39 is 145 Å². The fourth-order valence-electron chi connectivity index (χ4n) is 6.78. The summed E-state index contributed by atoms with van der Waals surface area (Å²) < 4.78 is 0. The van der Waals surface area contributed by atoms with Crippen LogP contribution >= 0.6 is 0 Å². The van der Waals surface area contributed by atoms with Gasteiger partial charge in [-0.15, -0.1) is 0 Å². The number of carbonyl (C=O) groups excluding carboxylic acids is 9. The number of carboxylic acids is 2. The molecule has 0 saturated heterocycles. The van der Waals surface area contributed by atoms with Crippen LogP contribution in [0.1, 0.15) is 77.8 Å². The molecule has 9 amide bonds. The molecule has 0 heterocycles. The molecule has 0 fully saturated rings. The lowest BCUT2D eigenvalue weighted by molar-refractivity contribution is -0.144. The number of benzene rings is 2. The number of primary amides is 2. The van der Waals surface area contributed by atoms with Crippen molar-refractivity contribution in [2.45, 2.75) is 134 Å². The standard InChI is InChI=1S/C46H66N10O14/c1-6-23(3)36(49)44(67)54-30(20-33(47)58)41(64)50-29(19-27-16-12-9-13-17-27)40(63)53-32(22-35(60)61)42(65)51-28(18-26-14-10-8-11-15-26)39(62)52-31(21-34(48)59)43(66)56-38(25(5)57)45(68)55-37(46(69)70)24(4)7-2/h8-17,23-25,28-32,36-38,57H,6-7,18-22,49H2,1-5H3,(H2,47,58)(H2,48,59)(H,50,64)(H,51,65)(H,52,62)(H,53,63)(H,54,67)(H,55,68)(H,56,66)(H,60,61)(H,69,70)/t23-,24-,25+,28-,29-,30-,31-,32-,36-,37-,38-/m0/s1. The van der Waals surface area contributed by atoms with Crippen LogP contribution in [0.3, 0.4) is 0 Å². The fourth-order valence-corrected chi connectivity index (χ4v) is 6.78.